The lowest BCUT2D eigenvalue weighted by Gasteiger charge is -2.23. The third-order valence-electron chi connectivity index (χ3n) is 9.19. The van der Waals surface area contributed by atoms with Gasteiger partial charge in [-0.05, 0) is 78.4 Å². The molecule has 45 heavy (non-hydrogen) atoms. The summed E-state index contributed by atoms with van der Waals surface area (Å²) in [6.45, 7) is 0.142. The second kappa shape index (κ2) is 11.5. The van der Waals surface area contributed by atoms with Gasteiger partial charge < -0.3 is 34.2 Å². The number of ether oxygens (including phenoxy) is 2. The number of aromatic hydroxyl groups is 2. The van der Waals surface area contributed by atoms with Crippen LogP contribution >= 0.6 is 0 Å². The monoisotopic (exact) mass is 605 g/mol. The zero-order valence-corrected chi connectivity index (χ0v) is 25.1. The second-order valence-electron chi connectivity index (χ2n) is 12.0. The lowest BCUT2D eigenvalue weighted by molar-refractivity contribution is 0.0256. The van der Waals surface area contributed by atoms with Crippen molar-refractivity contribution in [2.24, 2.45) is 0 Å². The van der Waals surface area contributed by atoms with E-state index in [1.165, 1.54) is 25.3 Å². The van der Waals surface area contributed by atoms with Crippen LogP contribution in [0.4, 0.5) is 0 Å². The molecule has 8 nitrogen and oxygen atoms in total. The third kappa shape index (κ3) is 5.25. The molecule has 0 spiro atoms. The summed E-state index contributed by atoms with van der Waals surface area (Å²) in [5, 5.41) is 35.9. The summed E-state index contributed by atoms with van der Waals surface area (Å²) in [5.41, 5.74) is 2.24. The van der Waals surface area contributed by atoms with E-state index in [1.807, 2.05) is 12.3 Å². The molecule has 0 aliphatic heterocycles. The highest BCUT2D eigenvalue weighted by molar-refractivity contribution is 6.07. The van der Waals surface area contributed by atoms with Crippen LogP contribution in [0.25, 0.3) is 44.0 Å². The highest BCUT2D eigenvalue weighted by atomic mass is 16.5. The van der Waals surface area contributed by atoms with Crippen LogP contribution in [0.1, 0.15) is 43.2 Å². The Balaban J connectivity index is 1.34. The van der Waals surface area contributed by atoms with Crippen molar-refractivity contribution in [3.8, 4) is 34.3 Å². The van der Waals surface area contributed by atoms with Crippen LogP contribution in [0, 0.1) is 0 Å². The second-order valence-corrected chi connectivity index (χ2v) is 12.0. The van der Waals surface area contributed by atoms with Crippen molar-refractivity contribution in [2.45, 2.75) is 50.5 Å². The zero-order chi connectivity index (χ0) is 31.1. The molecule has 230 valence electrons. The molecule has 2 aromatic heterocycles. The Morgan fingerprint density at radius 1 is 0.911 bits per heavy atom. The number of hydrogen-bond donors (Lipinski definition) is 4. The minimum atomic E-state index is -0.799. The average molecular weight is 606 g/mol. The number of aromatic nitrogens is 1. The van der Waals surface area contributed by atoms with Crippen LogP contribution in [0.3, 0.4) is 0 Å². The number of H-pyrrole nitrogens is 1. The Labute approximate surface area is 259 Å². The van der Waals surface area contributed by atoms with Crippen LogP contribution in [-0.4, -0.2) is 39.6 Å². The van der Waals surface area contributed by atoms with Gasteiger partial charge in [-0.1, -0.05) is 37.1 Å². The van der Waals surface area contributed by atoms with E-state index in [1.54, 1.807) is 12.1 Å². The number of hydrogen-bond acceptors (Lipinski definition) is 7. The molecule has 1 aliphatic carbocycles. The van der Waals surface area contributed by atoms with E-state index in [2.05, 4.69) is 35.3 Å². The molecule has 8 heteroatoms. The minimum absolute atomic E-state index is 0.0625. The molecule has 0 amide bonds. The van der Waals surface area contributed by atoms with E-state index in [-0.39, 0.29) is 46.0 Å². The van der Waals surface area contributed by atoms with Gasteiger partial charge in [0.05, 0.1) is 19.3 Å². The number of phenolic OH excluding ortho intramolecular Hbond substituents is 2. The molecule has 0 bridgehead atoms. The van der Waals surface area contributed by atoms with Crippen molar-refractivity contribution < 1.29 is 29.2 Å². The first kappa shape index (κ1) is 28.8. The van der Waals surface area contributed by atoms with Gasteiger partial charge in [-0.2, -0.15) is 0 Å². The maximum atomic E-state index is 13.8. The summed E-state index contributed by atoms with van der Waals surface area (Å²) in [7, 11) is 1.43. The number of benzene rings is 4. The van der Waals surface area contributed by atoms with Crippen molar-refractivity contribution in [2.75, 3.05) is 13.7 Å². The Morgan fingerprint density at radius 2 is 1.71 bits per heavy atom. The number of aliphatic hydroxyl groups is 1. The summed E-state index contributed by atoms with van der Waals surface area (Å²) in [5.74, 6) is 0.397. The normalized spacial score (nSPS) is 14.4. The zero-order valence-electron chi connectivity index (χ0n) is 25.1. The summed E-state index contributed by atoms with van der Waals surface area (Å²) < 4.78 is 18.2. The maximum absolute atomic E-state index is 13.8. The lowest BCUT2D eigenvalue weighted by atomic mass is 9.95. The standard InChI is InChI=1S/C37H35NO7/c1-43-36-33(41)28(12-9-22-5-4-6-26-25(22)13-14-29-27(26)15-19-38-29)34-32(35(36)44-20-18-37(42)16-2-3-17-37)30(40)21-31(45-34)23-7-10-24(39)11-8-23/h4-8,10-11,13-15,19,21,38-39,41-42H,2-3,9,12,16-18,20H2,1H3. The number of aryl methyl sites for hydroxylation is 2. The number of rotatable bonds is 9. The van der Waals surface area contributed by atoms with E-state index in [0.29, 0.717) is 49.0 Å². The van der Waals surface area contributed by atoms with Gasteiger partial charge in [0.25, 0.3) is 0 Å². The summed E-state index contributed by atoms with van der Waals surface area (Å²) in [4.78, 5) is 17.1. The van der Waals surface area contributed by atoms with E-state index < -0.39 is 5.60 Å². The Morgan fingerprint density at radius 3 is 2.49 bits per heavy atom. The smallest absolute Gasteiger partial charge is 0.204 e. The van der Waals surface area contributed by atoms with Gasteiger partial charge in [-0.15, -0.1) is 0 Å². The molecule has 7 rings (SSSR count). The molecule has 0 saturated heterocycles. The molecule has 1 saturated carbocycles. The quantitative estimate of drug-likeness (QED) is 0.136. The van der Waals surface area contributed by atoms with Crippen LogP contribution in [-0.2, 0) is 12.8 Å². The van der Waals surface area contributed by atoms with Crippen LogP contribution in [0.2, 0.25) is 0 Å². The fourth-order valence-electron chi connectivity index (χ4n) is 6.78. The third-order valence-corrected chi connectivity index (χ3v) is 9.19. The average Bonchev–Trinajstić information content (AvgIpc) is 3.70. The van der Waals surface area contributed by atoms with Crippen LogP contribution in [0.15, 0.2) is 82.1 Å². The summed E-state index contributed by atoms with van der Waals surface area (Å²) >= 11 is 0. The molecule has 1 fully saturated rings. The largest absolute Gasteiger partial charge is 0.508 e. The number of aromatic amines is 1. The fourth-order valence-corrected chi connectivity index (χ4v) is 6.78. The molecular formula is C37H35NO7. The van der Waals surface area contributed by atoms with E-state index in [9.17, 15) is 20.1 Å². The molecule has 1 aliphatic rings. The molecule has 0 radical (unpaired) electrons. The van der Waals surface area contributed by atoms with Gasteiger partial charge in [-0.3, -0.25) is 4.79 Å². The number of phenols is 2. The first-order valence-corrected chi connectivity index (χ1v) is 15.4. The predicted octanol–water partition coefficient (Wildman–Crippen LogP) is 7.37. The minimum Gasteiger partial charge on any atom is -0.508 e. The molecule has 2 heterocycles. The number of nitrogens with one attached hydrogen (secondary N) is 1. The van der Waals surface area contributed by atoms with Crippen molar-refractivity contribution in [3.05, 3.63) is 94.3 Å². The Bertz CT molecular complexity index is 2090. The van der Waals surface area contributed by atoms with Crippen molar-refractivity contribution in [3.63, 3.8) is 0 Å². The maximum Gasteiger partial charge on any atom is 0.204 e. The van der Waals surface area contributed by atoms with Gasteiger partial charge >= 0.3 is 0 Å². The summed E-state index contributed by atoms with van der Waals surface area (Å²) in [6, 6.07) is 20.2. The van der Waals surface area contributed by atoms with Crippen LogP contribution in [0.5, 0.6) is 23.0 Å². The molecule has 0 atom stereocenters. The topological polar surface area (TPSA) is 125 Å². The first-order chi connectivity index (χ1) is 21.8. The molecule has 0 unspecified atom stereocenters. The molecular weight excluding hydrogens is 570 g/mol. The molecule has 4 N–H and O–H groups in total. The van der Waals surface area contributed by atoms with Crippen LogP contribution < -0.4 is 14.9 Å². The van der Waals surface area contributed by atoms with Gasteiger partial charge in [0.2, 0.25) is 5.75 Å². The molecule has 6 aromatic rings. The lowest BCUT2D eigenvalue weighted by Crippen LogP contribution is -2.26. The van der Waals surface area contributed by atoms with Gasteiger partial charge in [0.1, 0.15) is 22.5 Å². The van der Waals surface area contributed by atoms with Crippen molar-refractivity contribution in [1.82, 2.24) is 4.98 Å². The SMILES string of the molecule is COc1c(O)c(CCc2cccc3c2ccc2[nH]ccc23)c2oc(-c3ccc(O)cc3)cc(=O)c2c1OCCC1(O)CCCC1. The highest BCUT2D eigenvalue weighted by Gasteiger charge is 2.32. The predicted molar refractivity (Wildman–Crippen MR) is 175 cm³/mol. The number of methoxy groups -OCH3 is 1. The van der Waals surface area contributed by atoms with E-state index >= 15 is 0 Å². The molecule has 4 aromatic carbocycles. The Hall–Kier alpha value is -4.95. The highest BCUT2D eigenvalue weighted by Crippen LogP contribution is 2.47. The Kier molecular flexibility index (Phi) is 7.37. The van der Waals surface area contributed by atoms with Crippen molar-refractivity contribution >= 4 is 32.6 Å². The van der Waals surface area contributed by atoms with Gasteiger partial charge in [0.15, 0.2) is 16.9 Å². The number of fused-ring (bicyclic) bond motifs is 4. The fraction of sp³-hybridized carbons (Fsp3) is 0.270. The van der Waals surface area contributed by atoms with E-state index in [0.717, 1.165) is 40.1 Å². The van der Waals surface area contributed by atoms with Gasteiger partial charge in [0, 0.05) is 40.7 Å². The van der Waals surface area contributed by atoms with Gasteiger partial charge in [-0.25, -0.2) is 0 Å². The van der Waals surface area contributed by atoms with E-state index in [4.69, 9.17) is 13.9 Å². The summed E-state index contributed by atoms with van der Waals surface area (Å²) in [6.07, 6.45) is 6.58. The van der Waals surface area contributed by atoms with Crippen molar-refractivity contribution in [1.29, 1.82) is 0 Å². The first-order valence-electron chi connectivity index (χ1n) is 15.4.